The van der Waals surface area contributed by atoms with Gasteiger partial charge < -0.3 is 9.88 Å². The van der Waals surface area contributed by atoms with Gasteiger partial charge in [-0.2, -0.15) is 18.4 Å². The summed E-state index contributed by atoms with van der Waals surface area (Å²) in [5.74, 6) is 1.98. The van der Waals surface area contributed by atoms with E-state index in [1.807, 2.05) is 0 Å². The van der Waals surface area contributed by atoms with E-state index in [1.54, 1.807) is 13.0 Å². The molecular formula is C34H42F3N7S. The number of fused-ring (bicyclic) bond motifs is 2. The average Bonchev–Trinajstić information content (AvgIpc) is 3.55. The Kier molecular flexibility index (Phi) is 9.10. The van der Waals surface area contributed by atoms with Gasteiger partial charge in [0.05, 0.1) is 11.8 Å². The molecule has 0 spiro atoms. The molecule has 2 fully saturated rings. The second-order valence-corrected chi connectivity index (χ2v) is 14.3. The second-order valence-electron chi connectivity index (χ2n) is 13.1. The van der Waals surface area contributed by atoms with Crippen molar-refractivity contribution in [2.75, 3.05) is 31.5 Å². The third-order valence-electron chi connectivity index (χ3n) is 9.72. The van der Waals surface area contributed by atoms with Gasteiger partial charge in [-0.05, 0) is 94.8 Å². The van der Waals surface area contributed by atoms with E-state index in [1.165, 1.54) is 24.0 Å². The number of halogens is 3. The lowest BCUT2D eigenvalue weighted by atomic mass is 9.98. The van der Waals surface area contributed by atoms with Crippen molar-refractivity contribution in [3.63, 3.8) is 0 Å². The molecule has 0 bridgehead atoms. The van der Waals surface area contributed by atoms with Crippen molar-refractivity contribution in [2.45, 2.75) is 91.1 Å². The van der Waals surface area contributed by atoms with Crippen LogP contribution >= 0.6 is 11.3 Å². The molecule has 0 unspecified atom stereocenters. The highest BCUT2D eigenvalue weighted by Gasteiger charge is 2.30. The van der Waals surface area contributed by atoms with E-state index < -0.39 is 12.6 Å². The minimum absolute atomic E-state index is 0.186. The van der Waals surface area contributed by atoms with Gasteiger partial charge >= 0.3 is 6.18 Å². The Labute approximate surface area is 267 Å². The summed E-state index contributed by atoms with van der Waals surface area (Å²) >= 11 is 1.09. The largest absolute Gasteiger partial charge is 0.393 e. The van der Waals surface area contributed by atoms with E-state index >= 15 is 0 Å². The van der Waals surface area contributed by atoms with Crippen molar-refractivity contribution < 1.29 is 13.2 Å². The zero-order chi connectivity index (χ0) is 31.9. The highest BCUT2D eigenvalue weighted by atomic mass is 32.1. The average molecular weight is 638 g/mol. The normalized spacial score (nSPS) is 18.5. The monoisotopic (exact) mass is 637 g/mol. The fraction of sp³-hybridized carbons (Fsp3) is 0.559. The van der Waals surface area contributed by atoms with Gasteiger partial charge in [0.2, 0.25) is 0 Å². The van der Waals surface area contributed by atoms with Crippen LogP contribution in [0.4, 0.5) is 19.0 Å². The predicted molar refractivity (Wildman–Crippen MR) is 175 cm³/mol. The Balaban J connectivity index is 1.11. The number of benzene rings is 1. The predicted octanol–water partition coefficient (Wildman–Crippen LogP) is 7.44. The summed E-state index contributed by atoms with van der Waals surface area (Å²) in [6.07, 6.45) is -0.902. The van der Waals surface area contributed by atoms with Gasteiger partial charge in [0.1, 0.15) is 28.2 Å². The van der Waals surface area contributed by atoms with Gasteiger partial charge in [-0.3, -0.25) is 9.80 Å². The van der Waals surface area contributed by atoms with Crippen molar-refractivity contribution >= 4 is 38.3 Å². The minimum Gasteiger partial charge on any atom is -0.367 e. The summed E-state index contributed by atoms with van der Waals surface area (Å²) in [6.45, 7) is 14.3. The molecule has 240 valence electrons. The Bertz CT molecular complexity index is 1700. The number of thiophene rings is 1. The highest BCUT2D eigenvalue weighted by Crippen LogP contribution is 2.34. The molecule has 0 saturated carbocycles. The molecule has 7 nitrogen and oxygen atoms in total. The quantitative estimate of drug-likeness (QED) is 0.217. The highest BCUT2D eigenvalue weighted by molar-refractivity contribution is 7.18. The van der Waals surface area contributed by atoms with Gasteiger partial charge in [-0.1, -0.05) is 13.0 Å². The fourth-order valence-electron chi connectivity index (χ4n) is 6.97. The number of hydrogen-bond acceptors (Lipinski definition) is 7. The van der Waals surface area contributed by atoms with Crippen LogP contribution in [0.2, 0.25) is 0 Å². The first-order chi connectivity index (χ1) is 21.5. The molecule has 2 saturated heterocycles. The lowest BCUT2D eigenvalue weighted by Crippen LogP contribution is -2.41. The summed E-state index contributed by atoms with van der Waals surface area (Å²) < 4.78 is 41.2. The molecule has 0 radical (unpaired) electrons. The van der Waals surface area contributed by atoms with Crippen LogP contribution in [0.3, 0.4) is 0 Å². The molecular weight excluding hydrogens is 595 g/mol. The van der Waals surface area contributed by atoms with Crippen molar-refractivity contribution in [2.24, 2.45) is 5.92 Å². The Morgan fingerprint density at radius 3 is 2.47 bits per heavy atom. The first kappa shape index (κ1) is 31.8. The van der Waals surface area contributed by atoms with Gasteiger partial charge in [0, 0.05) is 54.0 Å². The Morgan fingerprint density at radius 1 is 1.04 bits per heavy atom. The number of rotatable bonds is 8. The number of aromatic nitrogens is 3. The standard InChI is InChI=1S/C34H42F3N7S/c1-21-7-13-43(14-8-21)22(2)19-44-27(18-38)15-29-23(3)25(5-6-31(29)44)20-42-11-9-26(10-12-42)41-32-30-16-28(17-34(35,36)37)45-33(30)40-24(4)39-32/h5-6,15-16,21-22,26H,7-14,17,19-20H2,1-4H3,(H,39,40,41)/t22-/m0/s1. The summed E-state index contributed by atoms with van der Waals surface area (Å²) in [4.78, 5) is 14.8. The van der Waals surface area contributed by atoms with Crippen LogP contribution in [0.15, 0.2) is 24.3 Å². The Hall–Kier alpha value is -3.20. The van der Waals surface area contributed by atoms with E-state index in [9.17, 15) is 18.4 Å². The van der Waals surface area contributed by atoms with Crippen LogP contribution < -0.4 is 5.32 Å². The zero-order valence-electron chi connectivity index (χ0n) is 26.5. The van der Waals surface area contributed by atoms with Crippen molar-refractivity contribution in [1.82, 2.24) is 24.3 Å². The summed E-state index contributed by atoms with van der Waals surface area (Å²) in [5.41, 5.74) is 4.36. The number of piperidine rings is 2. The van der Waals surface area contributed by atoms with E-state index in [0.29, 0.717) is 27.9 Å². The molecule has 1 N–H and O–H groups in total. The first-order valence-corrected chi connectivity index (χ1v) is 16.9. The van der Waals surface area contributed by atoms with Crippen molar-refractivity contribution in [3.8, 4) is 6.07 Å². The molecule has 6 rings (SSSR count). The van der Waals surface area contributed by atoms with E-state index in [4.69, 9.17) is 0 Å². The van der Waals surface area contributed by atoms with E-state index in [2.05, 4.69) is 74.7 Å². The van der Waals surface area contributed by atoms with Crippen LogP contribution in [-0.2, 0) is 19.5 Å². The summed E-state index contributed by atoms with van der Waals surface area (Å²) in [6, 6.07) is 11.1. The zero-order valence-corrected chi connectivity index (χ0v) is 27.4. The van der Waals surface area contributed by atoms with Crippen molar-refractivity contribution in [3.05, 3.63) is 51.8 Å². The topological polar surface area (TPSA) is 73.0 Å². The molecule has 1 aromatic carbocycles. The maximum Gasteiger partial charge on any atom is 0.393 e. The first-order valence-electron chi connectivity index (χ1n) is 16.1. The molecule has 1 atom stereocenters. The summed E-state index contributed by atoms with van der Waals surface area (Å²) in [7, 11) is 0. The van der Waals surface area contributed by atoms with Crippen LogP contribution in [0.25, 0.3) is 21.1 Å². The number of likely N-dealkylation sites (tertiary alicyclic amines) is 2. The van der Waals surface area contributed by atoms with E-state index in [-0.39, 0.29) is 10.9 Å². The molecule has 11 heteroatoms. The van der Waals surface area contributed by atoms with Crippen LogP contribution in [0, 0.1) is 31.1 Å². The van der Waals surface area contributed by atoms with Crippen LogP contribution in [0.5, 0.6) is 0 Å². The molecule has 5 heterocycles. The summed E-state index contributed by atoms with van der Waals surface area (Å²) in [5, 5.41) is 15.3. The molecule has 45 heavy (non-hydrogen) atoms. The number of hydrogen-bond donors (Lipinski definition) is 1. The second kappa shape index (κ2) is 12.9. The van der Waals surface area contributed by atoms with Crippen LogP contribution in [0.1, 0.15) is 67.1 Å². The molecule has 3 aromatic heterocycles. The van der Waals surface area contributed by atoms with Gasteiger partial charge in [-0.25, -0.2) is 9.97 Å². The lowest BCUT2D eigenvalue weighted by molar-refractivity contribution is -0.126. The third-order valence-corrected chi connectivity index (χ3v) is 10.8. The van der Waals surface area contributed by atoms with Gasteiger partial charge in [0.15, 0.2) is 0 Å². The third kappa shape index (κ3) is 7.13. The lowest BCUT2D eigenvalue weighted by Gasteiger charge is -2.35. The SMILES string of the molecule is Cc1nc(NC2CCN(Cc3ccc4c(cc(C#N)n4C[C@H](C)N4CCC(C)CC4)c3C)CC2)c2cc(CC(F)(F)F)sc2n1. The van der Waals surface area contributed by atoms with Gasteiger partial charge in [-0.15, -0.1) is 11.3 Å². The molecule has 4 aromatic rings. The minimum atomic E-state index is -4.25. The number of nitriles is 1. The molecule has 2 aliphatic heterocycles. The van der Waals surface area contributed by atoms with E-state index in [0.717, 1.165) is 86.0 Å². The van der Waals surface area contributed by atoms with Gasteiger partial charge in [0.25, 0.3) is 0 Å². The van der Waals surface area contributed by atoms with Crippen molar-refractivity contribution in [1.29, 1.82) is 5.26 Å². The number of alkyl halides is 3. The number of nitrogens with one attached hydrogen (secondary N) is 1. The number of aryl methyl sites for hydroxylation is 2. The molecule has 0 amide bonds. The Morgan fingerprint density at radius 2 is 1.78 bits per heavy atom. The molecule has 2 aliphatic rings. The fourth-order valence-corrected chi connectivity index (χ4v) is 8.08. The smallest absolute Gasteiger partial charge is 0.367 e. The van der Waals surface area contributed by atoms with Crippen LogP contribution in [-0.4, -0.2) is 68.8 Å². The maximum atomic E-state index is 13.0. The number of nitrogens with zero attached hydrogens (tertiary/aromatic N) is 6. The molecule has 0 aliphatic carbocycles. The number of anilines is 1. The maximum absolute atomic E-state index is 13.0.